The van der Waals surface area contributed by atoms with Gasteiger partial charge >= 0.3 is 0 Å². The molecule has 0 fully saturated rings. The van der Waals surface area contributed by atoms with Crippen LogP contribution in [0.15, 0.2) is 12.2 Å². The van der Waals surface area contributed by atoms with Crippen LogP contribution in [-0.4, -0.2) is 37.5 Å². The highest BCUT2D eigenvalue weighted by Gasteiger charge is 1.95. The average molecular weight is 212 g/mol. The quantitative estimate of drug-likeness (QED) is 0.491. The van der Waals surface area contributed by atoms with E-state index >= 15 is 0 Å². The third-order valence-corrected chi connectivity index (χ3v) is 2.37. The SMILES string of the molecule is CC=CC(=O)NCCCCCN(C)CC. The zero-order valence-corrected chi connectivity index (χ0v) is 10.3. The number of unbranched alkanes of at least 4 members (excludes halogenated alkanes) is 2. The first-order valence-electron chi connectivity index (χ1n) is 5.79. The summed E-state index contributed by atoms with van der Waals surface area (Å²) in [6.45, 7) is 7.06. The van der Waals surface area contributed by atoms with Crippen LogP contribution in [-0.2, 0) is 4.79 Å². The predicted octanol–water partition coefficient (Wildman–Crippen LogP) is 1.80. The van der Waals surface area contributed by atoms with Crippen LogP contribution in [0.4, 0.5) is 0 Å². The third kappa shape index (κ3) is 9.47. The topological polar surface area (TPSA) is 32.3 Å². The Morgan fingerprint density at radius 3 is 2.67 bits per heavy atom. The van der Waals surface area contributed by atoms with Gasteiger partial charge in [-0.1, -0.05) is 19.4 Å². The summed E-state index contributed by atoms with van der Waals surface area (Å²) < 4.78 is 0. The van der Waals surface area contributed by atoms with E-state index in [1.165, 1.54) is 12.8 Å². The number of hydrogen-bond donors (Lipinski definition) is 1. The summed E-state index contributed by atoms with van der Waals surface area (Å²) in [4.78, 5) is 13.3. The maximum atomic E-state index is 11.0. The Labute approximate surface area is 93.5 Å². The zero-order chi connectivity index (χ0) is 11.5. The van der Waals surface area contributed by atoms with Crippen molar-refractivity contribution in [3.63, 3.8) is 0 Å². The summed E-state index contributed by atoms with van der Waals surface area (Å²) in [5.41, 5.74) is 0. The molecule has 0 spiro atoms. The van der Waals surface area contributed by atoms with Crippen LogP contribution >= 0.6 is 0 Å². The van der Waals surface area contributed by atoms with E-state index in [0.29, 0.717) is 0 Å². The Morgan fingerprint density at radius 2 is 2.07 bits per heavy atom. The molecular formula is C12H24N2O. The highest BCUT2D eigenvalue weighted by atomic mass is 16.1. The van der Waals surface area contributed by atoms with Gasteiger partial charge in [0, 0.05) is 6.54 Å². The average Bonchev–Trinajstić information content (AvgIpc) is 2.23. The smallest absolute Gasteiger partial charge is 0.243 e. The lowest BCUT2D eigenvalue weighted by Crippen LogP contribution is -2.22. The molecule has 88 valence electrons. The monoisotopic (exact) mass is 212 g/mol. The Hall–Kier alpha value is -0.830. The number of carbonyl (C=O) groups is 1. The minimum atomic E-state index is 0.0168. The molecule has 1 N–H and O–H groups in total. The van der Waals surface area contributed by atoms with E-state index in [1.807, 2.05) is 6.92 Å². The van der Waals surface area contributed by atoms with Crippen LogP contribution in [0.5, 0.6) is 0 Å². The highest BCUT2D eigenvalue weighted by molar-refractivity contribution is 5.87. The van der Waals surface area contributed by atoms with Gasteiger partial charge in [-0.25, -0.2) is 0 Å². The molecule has 0 aliphatic heterocycles. The van der Waals surface area contributed by atoms with Gasteiger partial charge in [0.1, 0.15) is 0 Å². The first-order chi connectivity index (χ1) is 7.20. The summed E-state index contributed by atoms with van der Waals surface area (Å²) in [7, 11) is 2.13. The van der Waals surface area contributed by atoms with Gasteiger partial charge in [-0.3, -0.25) is 4.79 Å². The normalized spacial score (nSPS) is 11.2. The van der Waals surface area contributed by atoms with E-state index in [4.69, 9.17) is 0 Å². The molecule has 3 heteroatoms. The summed E-state index contributed by atoms with van der Waals surface area (Å²) in [5.74, 6) is 0.0168. The number of nitrogens with zero attached hydrogens (tertiary/aromatic N) is 1. The third-order valence-electron chi connectivity index (χ3n) is 2.37. The van der Waals surface area contributed by atoms with Crippen LogP contribution in [0, 0.1) is 0 Å². The second-order valence-electron chi connectivity index (χ2n) is 3.75. The maximum absolute atomic E-state index is 11.0. The number of nitrogens with one attached hydrogen (secondary N) is 1. The Kier molecular flexibility index (Phi) is 9.18. The molecule has 1 amide bonds. The molecule has 0 aliphatic carbocycles. The second-order valence-corrected chi connectivity index (χ2v) is 3.75. The summed E-state index contributed by atoms with van der Waals surface area (Å²) >= 11 is 0. The maximum Gasteiger partial charge on any atom is 0.243 e. The van der Waals surface area contributed by atoms with Gasteiger partial charge in [0.2, 0.25) is 5.91 Å². The molecule has 0 radical (unpaired) electrons. The van der Waals surface area contributed by atoms with E-state index in [9.17, 15) is 4.79 Å². The van der Waals surface area contributed by atoms with Crippen molar-refractivity contribution >= 4 is 5.91 Å². The second kappa shape index (κ2) is 9.71. The van der Waals surface area contributed by atoms with Gasteiger partial charge in [-0.2, -0.15) is 0 Å². The Bertz CT molecular complexity index is 190. The number of hydrogen-bond acceptors (Lipinski definition) is 2. The highest BCUT2D eigenvalue weighted by Crippen LogP contribution is 1.96. The van der Waals surface area contributed by atoms with Crippen molar-refractivity contribution in [1.29, 1.82) is 0 Å². The molecule has 0 atom stereocenters. The number of rotatable bonds is 8. The molecule has 0 rings (SSSR count). The van der Waals surface area contributed by atoms with E-state index in [2.05, 4.69) is 24.2 Å². The van der Waals surface area contributed by atoms with E-state index in [-0.39, 0.29) is 5.91 Å². The Morgan fingerprint density at radius 1 is 1.33 bits per heavy atom. The number of allylic oxidation sites excluding steroid dienone is 1. The van der Waals surface area contributed by atoms with Gasteiger partial charge in [-0.05, 0) is 46.0 Å². The zero-order valence-electron chi connectivity index (χ0n) is 10.3. The Balaban J connectivity index is 3.21. The lowest BCUT2D eigenvalue weighted by molar-refractivity contribution is -0.116. The molecule has 0 saturated carbocycles. The predicted molar refractivity (Wildman–Crippen MR) is 64.8 cm³/mol. The van der Waals surface area contributed by atoms with Crippen LogP contribution in [0.25, 0.3) is 0 Å². The van der Waals surface area contributed by atoms with Crippen molar-refractivity contribution in [2.45, 2.75) is 33.1 Å². The minimum absolute atomic E-state index is 0.0168. The fraction of sp³-hybridized carbons (Fsp3) is 0.750. The summed E-state index contributed by atoms with van der Waals surface area (Å²) in [5, 5.41) is 2.85. The first kappa shape index (κ1) is 14.2. The van der Waals surface area contributed by atoms with E-state index in [0.717, 1.165) is 26.1 Å². The van der Waals surface area contributed by atoms with Gasteiger partial charge in [-0.15, -0.1) is 0 Å². The van der Waals surface area contributed by atoms with Crippen molar-refractivity contribution in [2.24, 2.45) is 0 Å². The molecule has 0 saturated heterocycles. The van der Waals surface area contributed by atoms with Gasteiger partial charge in [0.05, 0.1) is 0 Å². The first-order valence-corrected chi connectivity index (χ1v) is 5.79. The van der Waals surface area contributed by atoms with Crippen molar-refractivity contribution < 1.29 is 4.79 Å². The van der Waals surface area contributed by atoms with Crippen molar-refractivity contribution in [3.05, 3.63) is 12.2 Å². The van der Waals surface area contributed by atoms with Crippen molar-refractivity contribution in [2.75, 3.05) is 26.7 Å². The lowest BCUT2D eigenvalue weighted by Gasteiger charge is -2.12. The molecule has 0 bridgehead atoms. The molecule has 0 aromatic heterocycles. The molecule has 0 heterocycles. The van der Waals surface area contributed by atoms with Crippen LogP contribution < -0.4 is 5.32 Å². The van der Waals surface area contributed by atoms with Crippen LogP contribution in [0.2, 0.25) is 0 Å². The number of carbonyl (C=O) groups excluding carboxylic acids is 1. The number of amides is 1. The standard InChI is InChI=1S/C12H24N2O/c1-4-9-12(15)13-10-7-6-8-11-14(3)5-2/h4,9H,5-8,10-11H2,1-3H3,(H,13,15). The fourth-order valence-electron chi connectivity index (χ4n) is 1.26. The van der Waals surface area contributed by atoms with Crippen LogP contribution in [0.3, 0.4) is 0 Å². The van der Waals surface area contributed by atoms with Gasteiger partial charge < -0.3 is 10.2 Å². The molecule has 0 aromatic rings. The van der Waals surface area contributed by atoms with Crippen molar-refractivity contribution in [1.82, 2.24) is 10.2 Å². The molecule has 0 aromatic carbocycles. The largest absolute Gasteiger partial charge is 0.353 e. The molecule has 15 heavy (non-hydrogen) atoms. The van der Waals surface area contributed by atoms with E-state index in [1.54, 1.807) is 12.2 Å². The van der Waals surface area contributed by atoms with Gasteiger partial charge in [0.15, 0.2) is 0 Å². The molecule has 3 nitrogen and oxygen atoms in total. The van der Waals surface area contributed by atoms with Crippen LogP contribution in [0.1, 0.15) is 33.1 Å². The fourth-order valence-corrected chi connectivity index (χ4v) is 1.26. The van der Waals surface area contributed by atoms with E-state index < -0.39 is 0 Å². The molecule has 0 aliphatic rings. The summed E-state index contributed by atoms with van der Waals surface area (Å²) in [6.07, 6.45) is 6.78. The van der Waals surface area contributed by atoms with Gasteiger partial charge in [0.25, 0.3) is 0 Å². The molecule has 0 unspecified atom stereocenters. The lowest BCUT2D eigenvalue weighted by atomic mass is 10.2. The molecular weight excluding hydrogens is 188 g/mol. The minimum Gasteiger partial charge on any atom is -0.353 e. The summed E-state index contributed by atoms with van der Waals surface area (Å²) in [6, 6.07) is 0. The van der Waals surface area contributed by atoms with Crippen molar-refractivity contribution in [3.8, 4) is 0 Å².